The maximum Gasteiger partial charge on any atom is 0.488 e. The van der Waals surface area contributed by atoms with Crippen molar-refractivity contribution in [2.24, 2.45) is 0 Å². The number of rotatable bonds is 4. The molecule has 0 saturated carbocycles. The van der Waals surface area contributed by atoms with Crippen molar-refractivity contribution in [3.63, 3.8) is 0 Å². The van der Waals surface area contributed by atoms with Crippen LogP contribution in [0, 0.1) is 5.82 Å². The van der Waals surface area contributed by atoms with Gasteiger partial charge in [0.15, 0.2) is 5.76 Å². The molecule has 0 heterocycles. The Kier molecular flexibility index (Phi) is 4.38. The van der Waals surface area contributed by atoms with Crippen molar-refractivity contribution in [3.05, 3.63) is 41.7 Å². The second-order valence-corrected chi connectivity index (χ2v) is 3.97. The molecular formula is C10H8F2O5S. The highest BCUT2D eigenvalue weighted by Gasteiger charge is 2.16. The van der Waals surface area contributed by atoms with Crippen molar-refractivity contribution in [2.75, 3.05) is 7.11 Å². The third-order valence-electron chi connectivity index (χ3n) is 1.77. The van der Waals surface area contributed by atoms with Gasteiger partial charge in [-0.3, -0.25) is 0 Å². The van der Waals surface area contributed by atoms with E-state index in [-0.39, 0.29) is 5.56 Å². The van der Waals surface area contributed by atoms with Gasteiger partial charge in [-0.15, -0.1) is 0 Å². The Hall–Kier alpha value is -1.96. The maximum atomic E-state index is 12.7. The van der Waals surface area contributed by atoms with E-state index < -0.39 is 28.0 Å². The number of benzene rings is 1. The first-order valence-corrected chi connectivity index (χ1v) is 5.82. The third kappa shape index (κ3) is 4.50. The van der Waals surface area contributed by atoms with E-state index in [0.29, 0.717) is 6.08 Å². The molecule has 0 radical (unpaired) electrons. The Morgan fingerprint density at radius 2 is 1.83 bits per heavy atom. The van der Waals surface area contributed by atoms with Crippen molar-refractivity contribution in [3.8, 4) is 0 Å². The van der Waals surface area contributed by atoms with E-state index in [1.54, 1.807) is 0 Å². The number of halogens is 2. The van der Waals surface area contributed by atoms with Crippen molar-refractivity contribution in [2.45, 2.75) is 0 Å². The highest BCUT2D eigenvalue weighted by molar-refractivity contribution is 7.81. The number of hydrogen-bond donors (Lipinski definition) is 0. The van der Waals surface area contributed by atoms with Crippen molar-refractivity contribution < 1.29 is 30.4 Å². The minimum atomic E-state index is -5.31. The lowest BCUT2D eigenvalue weighted by Gasteiger charge is -2.05. The smallest absolute Gasteiger partial charge is 0.466 e. The van der Waals surface area contributed by atoms with E-state index in [1.165, 1.54) is 0 Å². The minimum absolute atomic E-state index is 0.00280. The monoisotopic (exact) mass is 278 g/mol. The molecule has 0 unspecified atom stereocenters. The van der Waals surface area contributed by atoms with Crippen LogP contribution >= 0.6 is 0 Å². The molecule has 98 valence electrons. The van der Waals surface area contributed by atoms with Crippen molar-refractivity contribution in [1.29, 1.82) is 0 Å². The van der Waals surface area contributed by atoms with Gasteiger partial charge in [0, 0.05) is 5.56 Å². The van der Waals surface area contributed by atoms with E-state index in [9.17, 15) is 21.5 Å². The summed E-state index contributed by atoms with van der Waals surface area (Å²) in [5.74, 6) is -2.14. The van der Waals surface area contributed by atoms with Crippen LogP contribution in [0.1, 0.15) is 5.56 Å². The molecule has 0 spiro atoms. The quantitative estimate of drug-likeness (QED) is 0.362. The molecule has 0 aliphatic rings. The predicted molar refractivity (Wildman–Crippen MR) is 57.5 cm³/mol. The molecule has 5 nitrogen and oxygen atoms in total. The van der Waals surface area contributed by atoms with Crippen LogP contribution in [0.3, 0.4) is 0 Å². The summed E-state index contributed by atoms with van der Waals surface area (Å²) in [7, 11) is -4.26. The summed E-state index contributed by atoms with van der Waals surface area (Å²) in [5.41, 5.74) is 0.00280. The van der Waals surface area contributed by atoms with Crippen LogP contribution in [0.4, 0.5) is 8.28 Å². The molecule has 0 saturated heterocycles. The van der Waals surface area contributed by atoms with Crippen LogP contribution in [0.15, 0.2) is 30.3 Å². The van der Waals surface area contributed by atoms with Crippen molar-refractivity contribution in [1.82, 2.24) is 0 Å². The Balaban J connectivity index is 3.16. The SMILES string of the molecule is COC(=O)/C=C(\OS(=O)(=O)F)c1ccc(F)cc1. The second kappa shape index (κ2) is 5.58. The molecule has 1 aromatic rings. The van der Waals surface area contributed by atoms with Gasteiger partial charge in [0.25, 0.3) is 0 Å². The van der Waals surface area contributed by atoms with E-state index in [4.69, 9.17) is 0 Å². The highest BCUT2D eigenvalue weighted by Crippen LogP contribution is 2.19. The number of esters is 1. The summed E-state index contributed by atoms with van der Waals surface area (Å²) >= 11 is 0. The zero-order valence-electron chi connectivity index (χ0n) is 9.09. The van der Waals surface area contributed by atoms with Crippen molar-refractivity contribution >= 4 is 22.2 Å². The highest BCUT2D eigenvalue weighted by atomic mass is 32.3. The molecular weight excluding hydrogens is 270 g/mol. The zero-order chi connectivity index (χ0) is 13.8. The number of methoxy groups -OCH3 is 1. The molecule has 0 aromatic heterocycles. The summed E-state index contributed by atoms with van der Waals surface area (Å²) in [6, 6.07) is 4.23. The van der Waals surface area contributed by atoms with Crippen LogP contribution in [0.25, 0.3) is 5.76 Å². The lowest BCUT2D eigenvalue weighted by molar-refractivity contribution is -0.134. The molecule has 1 aromatic carbocycles. The average molecular weight is 278 g/mol. The van der Waals surface area contributed by atoms with Gasteiger partial charge >= 0.3 is 16.5 Å². The Bertz CT molecular complexity index is 562. The predicted octanol–water partition coefficient (Wildman–Crippen LogP) is 1.57. The summed E-state index contributed by atoms with van der Waals surface area (Å²) < 4.78 is 54.1. The van der Waals surface area contributed by atoms with Gasteiger partial charge < -0.3 is 8.92 Å². The molecule has 1 rings (SSSR count). The molecule has 0 aliphatic carbocycles. The first-order chi connectivity index (χ1) is 8.31. The zero-order valence-corrected chi connectivity index (χ0v) is 9.91. The van der Waals surface area contributed by atoms with Gasteiger partial charge in [-0.1, -0.05) is 3.89 Å². The third-order valence-corrected chi connectivity index (χ3v) is 2.15. The molecule has 8 heteroatoms. The normalized spacial score (nSPS) is 12.1. The van der Waals surface area contributed by atoms with Gasteiger partial charge in [0.2, 0.25) is 0 Å². The van der Waals surface area contributed by atoms with Crippen LogP contribution < -0.4 is 0 Å². The van der Waals surface area contributed by atoms with Crippen LogP contribution in [-0.4, -0.2) is 21.5 Å². The Morgan fingerprint density at radius 1 is 1.28 bits per heavy atom. The summed E-state index contributed by atoms with van der Waals surface area (Å²) in [6.45, 7) is 0. The standard InChI is InChI=1S/C10H8F2O5S/c1-16-10(13)6-9(17-18(12,14)15)7-2-4-8(11)5-3-7/h2-6H,1H3/b9-6-. The van der Waals surface area contributed by atoms with Gasteiger partial charge in [-0.25, -0.2) is 9.18 Å². The summed E-state index contributed by atoms with van der Waals surface area (Å²) in [4.78, 5) is 11.0. The first kappa shape index (κ1) is 14.1. The Morgan fingerprint density at radius 3 is 2.28 bits per heavy atom. The minimum Gasteiger partial charge on any atom is -0.466 e. The topological polar surface area (TPSA) is 69.7 Å². The molecule has 0 N–H and O–H groups in total. The van der Waals surface area contributed by atoms with Crippen LogP contribution in [-0.2, 0) is 24.2 Å². The van der Waals surface area contributed by atoms with Crippen LogP contribution in [0.5, 0.6) is 0 Å². The largest absolute Gasteiger partial charge is 0.488 e. The van der Waals surface area contributed by atoms with Gasteiger partial charge in [0.05, 0.1) is 13.2 Å². The molecule has 0 bridgehead atoms. The Labute approximate surface area is 102 Å². The van der Waals surface area contributed by atoms with E-state index in [2.05, 4.69) is 8.92 Å². The maximum absolute atomic E-state index is 12.7. The van der Waals surface area contributed by atoms with E-state index in [0.717, 1.165) is 31.4 Å². The number of hydrogen-bond acceptors (Lipinski definition) is 5. The van der Waals surface area contributed by atoms with E-state index in [1.807, 2.05) is 0 Å². The molecule has 0 amide bonds. The fourth-order valence-electron chi connectivity index (χ4n) is 1.04. The van der Waals surface area contributed by atoms with E-state index >= 15 is 0 Å². The summed E-state index contributed by atoms with van der Waals surface area (Å²) in [5, 5.41) is 0. The lowest BCUT2D eigenvalue weighted by Crippen LogP contribution is -2.03. The summed E-state index contributed by atoms with van der Waals surface area (Å²) in [6.07, 6.45) is 0.629. The second-order valence-electron chi connectivity index (χ2n) is 3.02. The lowest BCUT2D eigenvalue weighted by atomic mass is 10.2. The molecule has 18 heavy (non-hydrogen) atoms. The number of carbonyl (C=O) groups is 1. The van der Waals surface area contributed by atoms with Gasteiger partial charge in [-0.05, 0) is 24.3 Å². The fourth-order valence-corrected chi connectivity index (χ4v) is 1.40. The average Bonchev–Trinajstić information content (AvgIpc) is 2.27. The van der Waals surface area contributed by atoms with Gasteiger partial charge in [0.1, 0.15) is 5.82 Å². The number of carbonyl (C=O) groups excluding carboxylic acids is 1. The molecule has 0 atom stereocenters. The molecule has 0 fully saturated rings. The van der Waals surface area contributed by atoms with Crippen LogP contribution in [0.2, 0.25) is 0 Å². The van der Waals surface area contributed by atoms with Gasteiger partial charge in [-0.2, -0.15) is 8.42 Å². The first-order valence-electron chi connectivity index (χ1n) is 4.51. The fraction of sp³-hybridized carbons (Fsp3) is 0.100. The number of ether oxygens (including phenoxy) is 1. The molecule has 0 aliphatic heterocycles.